The van der Waals surface area contributed by atoms with E-state index in [1.807, 2.05) is 0 Å². The zero-order valence-corrected chi connectivity index (χ0v) is 20.3. The first-order valence-electron chi connectivity index (χ1n) is 11.2. The largest absolute Gasteiger partial charge is 0.508 e. The van der Waals surface area contributed by atoms with E-state index in [-0.39, 0.29) is 12.2 Å². The molecule has 0 heterocycles. The normalized spacial score (nSPS) is 14.5. The minimum absolute atomic E-state index is 0.0228. The van der Waals surface area contributed by atoms with Gasteiger partial charge in [0.1, 0.15) is 23.9 Å². The zero-order chi connectivity index (χ0) is 26.9. The molecule has 0 aromatic heterocycles. The first kappa shape index (κ1) is 29.4. The standard InChI is InChI=1S/C23H35N5O7/c1-11(2)18(21(32)26-16(23(34)35)9-13-5-7-14(29)8-6-13)28-22(33)19(12(3)4)27-20(31)15(24)10-17(25)30/h5-8,11-12,15-16,18-19,29H,9-10,24H2,1-4H3,(H2,25,30)(H,26,32)(H,27,31)(H,28,33)(H,34,35). The molecule has 194 valence electrons. The first-order valence-corrected chi connectivity index (χ1v) is 11.2. The lowest BCUT2D eigenvalue weighted by atomic mass is 9.98. The van der Waals surface area contributed by atoms with Crippen molar-refractivity contribution in [3.63, 3.8) is 0 Å². The van der Waals surface area contributed by atoms with Crippen LogP contribution in [0.2, 0.25) is 0 Å². The van der Waals surface area contributed by atoms with E-state index in [2.05, 4.69) is 16.0 Å². The Morgan fingerprint density at radius 3 is 1.71 bits per heavy atom. The lowest BCUT2D eigenvalue weighted by Crippen LogP contribution is -2.59. The van der Waals surface area contributed by atoms with Gasteiger partial charge >= 0.3 is 5.97 Å². The molecule has 1 aromatic rings. The smallest absolute Gasteiger partial charge is 0.326 e. The summed E-state index contributed by atoms with van der Waals surface area (Å²) in [5, 5.41) is 26.4. The minimum Gasteiger partial charge on any atom is -0.508 e. The van der Waals surface area contributed by atoms with E-state index in [1.54, 1.807) is 27.7 Å². The average molecular weight is 494 g/mol. The van der Waals surface area contributed by atoms with Crippen molar-refractivity contribution >= 4 is 29.6 Å². The summed E-state index contributed by atoms with van der Waals surface area (Å²) in [6.45, 7) is 6.69. The fraction of sp³-hybridized carbons (Fsp3) is 0.522. The van der Waals surface area contributed by atoms with Gasteiger partial charge < -0.3 is 37.6 Å². The van der Waals surface area contributed by atoms with Gasteiger partial charge in [0.2, 0.25) is 23.6 Å². The van der Waals surface area contributed by atoms with E-state index in [1.165, 1.54) is 24.3 Å². The number of carboxylic acid groups (broad SMARTS) is 1. The highest BCUT2D eigenvalue weighted by atomic mass is 16.4. The topological polar surface area (TPSA) is 214 Å². The van der Waals surface area contributed by atoms with E-state index >= 15 is 0 Å². The summed E-state index contributed by atoms with van der Waals surface area (Å²) < 4.78 is 0. The second-order valence-electron chi connectivity index (χ2n) is 9.01. The summed E-state index contributed by atoms with van der Waals surface area (Å²) in [5.41, 5.74) is 11.3. The molecule has 1 aromatic carbocycles. The predicted octanol–water partition coefficient (Wildman–Crippen LogP) is -1.01. The van der Waals surface area contributed by atoms with Crippen molar-refractivity contribution in [1.82, 2.24) is 16.0 Å². The molecule has 0 bridgehead atoms. The molecule has 1 rings (SSSR count). The molecule has 4 unspecified atom stereocenters. The van der Waals surface area contributed by atoms with Crippen LogP contribution in [0.1, 0.15) is 39.7 Å². The fourth-order valence-corrected chi connectivity index (χ4v) is 3.21. The number of benzene rings is 1. The van der Waals surface area contributed by atoms with Gasteiger partial charge in [-0.1, -0.05) is 39.8 Å². The molecule has 0 aliphatic rings. The van der Waals surface area contributed by atoms with Crippen LogP contribution in [-0.4, -0.2) is 64.0 Å². The molecule has 12 nitrogen and oxygen atoms in total. The number of amides is 4. The number of rotatable bonds is 13. The highest BCUT2D eigenvalue weighted by Crippen LogP contribution is 2.12. The van der Waals surface area contributed by atoms with Crippen molar-refractivity contribution in [2.45, 2.75) is 64.7 Å². The highest BCUT2D eigenvalue weighted by Gasteiger charge is 2.33. The fourth-order valence-electron chi connectivity index (χ4n) is 3.21. The third-order valence-electron chi connectivity index (χ3n) is 5.24. The number of carbonyl (C=O) groups excluding carboxylic acids is 4. The lowest BCUT2D eigenvalue weighted by molar-refractivity contribution is -0.142. The zero-order valence-electron chi connectivity index (χ0n) is 20.3. The molecule has 0 saturated heterocycles. The van der Waals surface area contributed by atoms with Crippen LogP contribution in [0, 0.1) is 11.8 Å². The van der Waals surface area contributed by atoms with Gasteiger partial charge in [0, 0.05) is 6.42 Å². The number of aliphatic carboxylic acids is 1. The molecule has 0 saturated carbocycles. The summed E-state index contributed by atoms with van der Waals surface area (Å²) in [7, 11) is 0. The number of primary amides is 1. The molecule has 0 aliphatic heterocycles. The van der Waals surface area contributed by atoms with E-state index in [4.69, 9.17) is 11.5 Å². The Kier molecular flexibility index (Phi) is 11.1. The minimum atomic E-state index is -1.28. The Morgan fingerprint density at radius 2 is 1.29 bits per heavy atom. The quantitative estimate of drug-likeness (QED) is 0.180. The number of carboxylic acids is 1. The molecule has 12 heteroatoms. The maximum absolute atomic E-state index is 12.9. The van der Waals surface area contributed by atoms with Gasteiger partial charge in [0.25, 0.3) is 0 Å². The van der Waals surface area contributed by atoms with Gasteiger partial charge in [0.15, 0.2) is 0 Å². The number of hydrogen-bond donors (Lipinski definition) is 7. The molecule has 0 spiro atoms. The summed E-state index contributed by atoms with van der Waals surface area (Å²) in [6.07, 6.45) is -0.435. The summed E-state index contributed by atoms with van der Waals surface area (Å²) in [4.78, 5) is 60.9. The third-order valence-corrected chi connectivity index (χ3v) is 5.24. The van der Waals surface area contributed by atoms with E-state index in [9.17, 15) is 34.2 Å². The van der Waals surface area contributed by atoms with Crippen molar-refractivity contribution in [2.75, 3.05) is 0 Å². The highest BCUT2D eigenvalue weighted by molar-refractivity contribution is 5.95. The average Bonchev–Trinajstić information content (AvgIpc) is 2.75. The second kappa shape index (κ2) is 13.3. The molecule has 0 fully saturated rings. The number of phenols is 1. The number of nitrogens with two attached hydrogens (primary N) is 2. The van der Waals surface area contributed by atoms with E-state index in [0.717, 1.165) is 0 Å². The first-order chi connectivity index (χ1) is 16.2. The Hall–Kier alpha value is -3.67. The van der Waals surface area contributed by atoms with Gasteiger partial charge in [-0.15, -0.1) is 0 Å². The molecule has 0 radical (unpaired) electrons. The van der Waals surface area contributed by atoms with Crippen LogP contribution in [0.15, 0.2) is 24.3 Å². The Morgan fingerprint density at radius 1 is 0.829 bits per heavy atom. The van der Waals surface area contributed by atoms with Crippen LogP contribution in [0.25, 0.3) is 0 Å². The molecular weight excluding hydrogens is 458 g/mol. The number of carbonyl (C=O) groups is 5. The summed E-state index contributed by atoms with van der Waals surface area (Å²) in [5.74, 6) is -4.94. The summed E-state index contributed by atoms with van der Waals surface area (Å²) in [6, 6.07) is 1.21. The van der Waals surface area contributed by atoms with Crippen molar-refractivity contribution in [3.05, 3.63) is 29.8 Å². The van der Waals surface area contributed by atoms with Crippen LogP contribution in [0.4, 0.5) is 0 Å². The van der Waals surface area contributed by atoms with Crippen LogP contribution >= 0.6 is 0 Å². The second-order valence-corrected chi connectivity index (χ2v) is 9.01. The van der Waals surface area contributed by atoms with Gasteiger partial charge in [-0.3, -0.25) is 19.2 Å². The van der Waals surface area contributed by atoms with Crippen LogP contribution in [0.5, 0.6) is 5.75 Å². The number of hydrogen-bond acceptors (Lipinski definition) is 7. The lowest BCUT2D eigenvalue weighted by Gasteiger charge is -2.28. The van der Waals surface area contributed by atoms with E-state index in [0.29, 0.717) is 5.56 Å². The van der Waals surface area contributed by atoms with Gasteiger partial charge in [-0.05, 0) is 29.5 Å². The van der Waals surface area contributed by atoms with Crippen LogP contribution in [-0.2, 0) is 30.4 Å². The number of phenolic OH excluding ortho intramolecular Hbond substituents is 1. The Bertz CT molecular complexity index is 917. The Labute approximate surface area is 203 Å². The monoisotopic (exact) mass is 493 g/mol. The van der Waals surface area contributed by atoms with Crippen molar-refractivity contribution in [1.29, 1.82) is 0 Å². The molecule has 4 atom stereocenters. The van der Waals surface area contributed by atoms with Gasteiger partial charge in [-0.25, -0.2) is 4.79 Å². The molecule has 35 heavy (non-hydrogen) atoms. The Balaban J connectivity index is 2.94. The van der Waals surface area contributed by atoms with Crippen molar-refractivity contribution in [3.8, 4) is 5.75 Å². The van der Waals surface area contributed by atoms with Crippen molar-refractivity contribution in [2.24, 2.45) is 23.3 Å². The maximum atomic E-state index is 12.9. The van der Waals surface area contributed by atoms with Crippen molar-refractivity contribution < 1.29 is 34.2 Å². The number of aromatic hydroxyl groups is 1. The van der Waals surface area contributed by atoms with E-state index < -0.39 is 72.0 Å². The van der Waals surface area contributed by atoms with Gasteiger partial charge in [0.05, 0.1) is 12.5 Å². The van der Waals surface area contributed by atoms with Gasteiger partial charge in [-0.2, -0.15) is 0 Å². The summed E-state index contributed by atoms with van der Waals surface area (Å²) >= 11 is 0. The molecule has 9 N–H and O–H groups in total. The molecule has 0 aliphatic carbocycles. The molecular formula is C23H35N5O7. The maximum Gasteiger partial charge on any atom is 0.326 e. The van der Waals surface area contributed by atoms with Crippen LogP contribution < -0.4 is 27.4 Å². The SMILES string of the molecule is CC(C)C(NC(=O)C(N)CC(N)=O)C(=O)NC(C(=O)NC(Cc1ccc(O)cc1)C(=O)O)C(C)C. The molecule has 4 amide bonds. The third kappa shape index (κ3) is 9.61. The van der Waals surface area contributed by atoms with Crippen LogP contribution in [0.3, 0.4) is 0 Å². The number of nitrogens with one attached hydrogen (secondary N) is 3. The predicted molar refractivity (Wildman–Crippen MR) is 127 cm³/mol.